The summed E-state index contributed by atoms with van der Waals surface area (Å²) in [5, 5.41) is 1.51. The van der Waals surface area contributed by atoms with Crippen LogP contribution in [0.25, 0.3) is 0 Å². The summed E-state index contributed by atoms with van der Waals surface area (Å²) in [6, 6.07) is 1.77. The van der Waals surface area contributed by atoms with E-state index in [9.17, 15) is 0 Å². The van der Waals surface area contributed by atoms with Crippen LogP contribution >= 0.6 is 57.6 Å². The van der Waals surface area contributed by atoms with Crippen molar-refractivity contribution in [1.82, 2.24) is 15.0 Å². The molecule has 0 unspecified atom stereocenters. The van der Waals surface area contributed by atoms with Gasteiger partial charge < -0.3 is 5.73 Å². The minimum Gasteiger partial charge on any atom is -0.382 e. The Labute approximate surface area is 125 Å². The second-order valence-electron chi connectivity index (χ2n) is 2.90. The Bertz CT molecular complexity index is 567. The standard InChI is InChI=1S/C9H5Cl2IN4S/c10-5-3-15-9(7(12)16-5)17-4-1-2-14-8(13)6(4)11/h1-3H,(H2,13,14). The molecule has 0 aromatic carbocycles. The molecule has 0 atom stereocenters. The van der Waals surface area contributed by atoms with E-state index in [1.807, 2.05) is 0 Å². The molecule has 0 aliphatic rings. The molecule has 0 fully saturated rings. The number of nitrogens with two attached hydrogens (primary N) is 1. The molecular weight excluding hydrogens is 394 g/mol. The van der Waals surface area contributed by atoms with Crippen LogP contribution in [0.5, 0.6) is 0 Å². The molecule has 2 aromatic heterocycles. The number of aromatic nitrogens is 3. The van der Waals surface area contributed by atoms with E-state index in [4.69, 9.17) is 28.9 Å². The second-order valence-corrected chi connectivity index (χ2v) is 5.72. The number of hydrogen-bond donors (Lipinski definition) is 1. The van der Waals surface area contributed by atoms with Crippen molar-refractivity contribution in [2.45, 2.75) is 9.92 Å². The van der Waals surface area contributed by atoms with Crippen molar-refractivity contribution in [3.8, 4) is 0 Å². The summed E-state index contributed by atoms with van der Waals surface area (Å²) in [6.45, 7) is 0. The molecule has 2 heterocycles. The Hall–Kier alpha value is -0.310. The first-order valence-corrected chi connectivity index (χ1v) is 6.99. The first-order chi connectivity index (χ1) is 8.08. The SMILES string of the molecule is Nc1nccc(Sc2ncc(Cl)nc2I)c1Cl. The summed E-state index contributed by atoms with van der Waals surface area (Å²) >= 11 is 15.2. The van der Waals surface area contributed by atoms with Crippen molar-refractivity contribution in [2.24, 2.45) is 0 Å². The quantitative estimate of drug-likeness (QED) is 0.784. The average Bonchev–Trinajstić information content (AvgIpc) is 2.28. The highest BCUT2D eigenvalue weighted by atomic mass is 127. The number of hydrogen-bond acceptors (Lipinski definition) is 5. The molecular formula is C9H5Cl2IN4S. The predicted octanol–water partition coefficient (Wildman–Crippen LogP) is 3.52. The zero-order valence-electron chi connectivity index (χ0n) is 8.19. The zero-order valence-corrected chi connectivity index (χ0v) is 12.7. The lowest BCUT2D eigenvalue weighted by molar-refractivity contribution is 1.02. The van der Waals surface area contributed by atoms with Crippen LogP contribution in [0.2, 0.25) is 10.2 Å². The van der Waals surface area contributed by atoms with E-state index in [1.54, 1.807) is 12.3 Å². The van der Waals surface area contributed by atoms with Gasteiger partial charge in [-0.1, -0.05) is 35.0 Å². The van der Waals surface area contributed by atoms with Gasteiger partial charge in [-0.15, -0.1) is 0 Å². The van der Waals surface area contributed by atoms with E-state index in [2.05, 4.69) is 37.5 Å². The number of nitrogens with zero attached hydrogens (tertiary/aromatic N) is 3. The molecule has 0 saturated carbocycles. The molecule has 0 saturated heterocycles. The number of pyridine rings is 1. The van der Waals surface area contributed by atoms with Crippen molar-refractivity contribution in [3.63, 3.8) is 0 Å². The monoisotopic (exact) mass is 398 g/mol. The molecule has 8 heteroatoms. The van der Waals surface area contributed by atoms with Crippen LogP contribution in [-0.4, -0.2) is 15.0 Å². The van der Waals surface area contributed by atoms with E-state index >= 15 is 0 Å². The molecule has 0 spiro atoms. The molecule has 0 amide bonds. The Kier molecular flexibility index (Phi) is 4.29. The summed E-state index contributed by atoms with van der Waals surface area (Å²) in [7, 11) is 0. The minimum absolute atomic E-state index is 0.300. The van der Waals surface area contributed by atoms with Gasteiger partial charge in [0, 0.05) is 11.1 Å². The smallest absolute Gasteiger partial charge is 0.148 e. The summed E-state index contributed by atoms with van der Waals surface area (Å²) < 4.78 is 0.714. The van der Waals surface area contributed by atoms with Gasteiger partial charge in [-0.05, 0) is 28.7 Å². The fraction of sp³-hybridized carbons (Fsp3) is 0. The second kappa shape index (κ2) is 5.55. The van der Waals surface area contributed by atoms with E-state index in [1.165, 1.54) is 18.0 Å². The van der Waals surface area contributed by atoms with E-state index in [0.29, 0.717) is 19.7 Å². The maximum atomic E-state index is 6.04. The van der Waals surface area contributed by atoms with Crippen LogP contribution in [0, 0.1) is 3.70 Å². The normalized spacial score (nSPS) is 10.5. The number of rotatable bonds is 2. The molecule has 2 N–H and O–H groups in total. The van der Waals surface area contributed by atoms with Crippen molar-refractivity contribution < 1.29 is 0 Å². The van der Waals surface area contributed by atoms with Gasteiger partial charge in [0.1, 0.15) is 19.7 Å². The molecule has 0 bridgehead atoms. The molecule has 2 aromatic rings. The van der Waals surface area contributed by atoms with Crippen LogP contribution in [0.3, 0.4) is 0 Å². The highest BCUT2D eigenvalue weighted by Gasteiger charge is 2.10. The van der Waals surface area contributed by atoms with Gasteiger partial charge in [-0.2, -0.15) is 0 Å². The first kappa shape index (κ1) is 13.1. The summed E-state index contributed by atoms with van der Waals surface area (Å²) in [5.41, 5.74) is 5.62. The number of halogens is 3. The summed E-state index contributed by atoms with van der Waals surface area (Å²) in [6.07, 6.45) is 3.09. The third-order valence-corrected chi connectivity index (χ3v) is 4.62. The lowest BCUT2D eigenvalue weighted by Crippen LogP contribution is -1.93. The van der Waals surface area contributed by atoms with Gasteiger partial charge in [-0.3, -0.25) is 0 Å². The van der Waals surface area contributed by atoms with Gasteiger partial charge >= 0.3 is 0 Å². The number of nitrogen functional groups attached to an aromatic ring is 1. The third kappa shape index (κ3) is 3.12. The van der Waals surface area contributed by atoms with Gasteiger partial charge in [0.15, 0.2) is 0 Å². The Morgan fingerprint density at radius 3 is 2.76 bits per heavy atom. The molecule has 0 radical (unpaired) electrons. The molecule has 88 valence electrons. The fourth-order valence-corrected chi connectivity index (χ4v) is 3.03. The molecule has 17 heavy (non-hydrogen) atoms. The van der Waals surface area contributed by atoms with Gasteiger partial charge in [0.2, 0.25) is 0 Å². The third-order valence-electron chi connectivity index (χ3n) is 1.76. The molecule has 0 aliphatic carbocycles. The van der Waals surface area contributed by atoms with Crippen molar-refractivity contribution in [1.29, 1.82) is 0 Å². The molecule has 0 aliphatic heterocycles. The summed E-state index contributed by atoms with van der Waals surface area (Å²) in [5.74, 6) is 0.300. The van der Waals surface area contributed by atoms with Gasteiger partial charge in [0.25, 0.3) is 0 Å². The fourth-order valence-electron chi connectivity index (χ4n) is 1.03. The highest BCUT2D eigenvalue weighted by molar-refractivity contribution is 14.1. The topological polar surface area (TPSA) is 64.7 Å². The first-order valence-electron chi connectivity index (χ1n) is 4.34. The van der Waals surface area contributed by atoms with E-state index in [-0.39, 0.29) is 0 Å². The van der Waals surface area contributed by atoms with Crippen LogP contribution < -0.4 is 5.73 Å². The van der Waals surface area contributed by atoms with Crippen molar-refractivity contribution >= 4 is 63.4 Å². The zero-order chi connectivity index (χ0) is 12.4. The lowest BCUT2D eigenvalue weighted by atomic mass is 10.5. The molecule has 2 rings (SSSR count). The van der Waals surface area contributed by atoms with Crippen molar-refractivity contribution in [2.75, 3.05) is 5.73 Å². The minimum atomic E-state index is 0.300. The van der Waals surface area contributed by atoms with E-state index < -0.39 is 0 Å². The Morgan fingerprint density at radius 2 is 2.06 bits per heavy atom. The van der Waals surface area contributed by atoms with Crippen LogP contribution in [0.1, 0.15) is 0 Å². The Morgan fingerprint density at radius 1 is 1.29 bits per heavy atom. The highest BCUT2D eigenvalue weighted by Crippen LogP contribution is 2.35. The van der Waals surface area contributed by atoms with Gasteiger partial charge in [0.05, 0.1) is 11.2 Å². The predicted molar refractivity (Wildman–Crippen MR) is 77.5 cm³/mol. The van der Waals surface area contributed by atoms with E-state index in [0.717, 1.165) is 9.92 Å². The summed E-state index contributed by atoms with van der Waals surface area (Å²) in [4.78, 5) is 13.0. The lowest BCUT2D eigenvalue weighted by Gasteiger charge is -2.05. The Balaban J connectivity index is 2.35. The average molecular weight is 399 g/mol. The maximum absolute atomic E-state index is 6.04. The maximum Gasteiger partial charge on any atom is 0.148 e. The number of anilines is 1. The van der Waals surface area contributed by atoms with Crippen LogP contribution in [-0.2, 0) is 0 Å². The van der Waals surface area contributed by atoms with Gasteiger partial charge in [-0.25, -0.2) is 15.0 Å². The van der Waals surface area contributed by atoms with Crippen LogP contribution in [0.15, 0.2) is 28.4 Å². The largest absolute Gasteiger partial charge is 0.382 e. The van der Waals surface area contributed by atoms with Crippen molar-refractivity contribution in [3.05, 3.63) is 32.3 Å². The molecule has 4 nitrogen and oxygen atoms in total. The van der Waals surface area contributed by atoms with Crippen LogP contribution in [0.4, 0.5) is 5.82 Å².